The van der Waals surface area contributed by atoms with Gasteiger partial charge in [0.2, 0.25) is 0 Å². The van der Waals surface area contributed by atoms with E-state index in [9.17, 15) is 0 Å². The number of nitrogens with one attached hydrogen (secondary N) is 1. The average molecular weight is 319 g/mol. The zero-order valence-electron chi connectivity index (χ0n) is 13.7. The van der Waals surface area contributed by atoms with Gasteiger partial charge in [0, 0.05) is 23.5 Å². The Balaban J connectivity index is 1.80. The summed E-state index contributed by atoms with van der Waals surface area (Å²) in [6, 6.07) is 30.2. The van der Waals surface area contributed by atoms with Crippen LogP contribution < -0.4 is 0 Å². The fourth-order valence-corrected chi connectivity index (χ4v) is 3.73. The van der Waals surface area contributed by atoms with Gasteiger partial charge in [0.1, 0.15) is 0 Å². The molecule has 1 heteroatoms. The summed E-state index contributed by atoms with van der Waals surface area (Å²) in [4.78, 5) is 3.32. The molecular weight excluding hydrogens is 302 g/mol. The van der Waals surface area contributed by atoms with E-state index >= 15 is 0 Å². The van der Waals surface area contributed by atoms with Gasteiger partial charge in [-0.25, -0.2) is 0 Å². The summed E-state index contributed by atoms with van der Waals surface area (Å²) in [6.07, 6.45) is 4.22. The van der Waals surface area contributed by atoms with E-state index in [0.29, 0.717) is 0 Å². The monoisotopic (exact) mass is 319 g/mol. The predicted molar refractivity (Wildman–Crippen MR) is 107 cm³/mol. The molecule has 0 aliphatic carbocycles. The van der Waals surface area contributed by atoms with Gasteiger partial charge >= 0.3 is 0 Å². The molecule has 0 saturated carbocycles. The highest BCUT2D eigenvalue weighted by Crippen LogP contribution is 2.38. The normalized spacial score (nSPS) is 11.2. The van der Waals surface area contributed by atoms with Crippen LogP contribution in [0.2, 0.25) is 0 Å². The molecule has 5 aromatic rings. The van der Waals surface area contributed by atoms with Gasteiger partial charge in [-0.15, -0.1) is 0 Å². The number of hydrogen-bond acceptors (Lipinski definition) is 0. The van der Waals surface area contributed by atoms with E-state index in [4.69, 9.17) is 0 Å². The maximum atomic E-state index is 3.32. The average Bonchev–Trinajstić information content (AvgIpc) is 3.16. The molecule has 1 aromatic heterocycles. The van der Waals surface area contributed by atoms with Crippen molar-refractivity contribution in [3.05, 3.63) is 97.3 Å². The molecule has 118 valence electrons. The van der Waals surface area contributed by atoms with E-state index in [2.05, 4.69) is 102 Å². The smallest absolute Gasteiger partial charge is 0.00908 e. The lowest BCUT2D eigenvalue weighted by atomic mass is 9.92. The molecule has 0 aliphatic rings. The van der Waals surface area contributed by atoms with Crippen molar-refractivity contribution in [1.82, 2.24) is 4.98 Å². The Morgan fingerprint density at radius 2 is 0.840 bits per heavy atom. The maximum absolute atomic E-state index is 3.32. The van der Waals surface area contributed by atoms with Crippen molar-refractivity contribution in [2.45, 2.75) is 0 Å². The standard InChI is InChI=1S/C24H17N/c1-3-11-19-17(7-1)9-5-13-21(19)23-15-25-16-24(23)22-14-6-10-18-8-2-4-12-20(18)22/h1-16,25H. The van der Waals surface area contributed by atoms with Crippen LogP contribution in [0.4, 0.5) is 0 Å². The first kappa shape index (κ1) is 14.1. The molecule has 0 spiro atoms. The Morgan fingerprint density at radius 3 is 1.36 bits per heavy atom. The number of fused-ring (bicyclic) bond motifs is 2. The molecule has 5 rings (SSSR count). The zero-order chi connectivity index (χ0) is 16.6. The van der Waals surface area contributed by atoms with Crippen LogP contribution in [0, 0.1) is 0 Å². The second-order valence-corrected chi connectivity index (χ2v) is 6.34. The van der Waals surface area contributed by atoms with Crippen LogP contribution in [0.3, 0.4) is 0 Å². The molecule has 4 aromatic carbocycles. The number of hydrogen-bond donors (Lipinski definition) is 1. The van der Waals surface area contributed by atoms with Crippen molar-refractivity contribution in [2.24, 2.45) is 0 Å². The van der Waals surface area contributed by atoms with Crippen LogP contribution in [-0.4, -0.2) is 4.98 Å². The first-order valence-corrected chi connectivity index (χ1v) is 8.55. The Labute approximate surface area is 146 Å². The van der Waals surface area contributed by atoms with Gasteiger partial charge in [-0.05, 0) is 32.7 Å². The topological polar surface area (TPSA) is 15.8 Å². The second-order valence-electron chi connectivity index (χ2n) is 6.34. The molecule has 0 aliphatic heterocycles. The molecule has 0 atom stereocenters. The Kier molecular flexibility index (Phi) is 3.17. The SMILES string of the molecule is c1ccc2c(-c3c[nH]cc3-c3cccc4ccccc34)cccc2c1. The Hall–Kier alpha value is -3.32. The largest absolute Gasteiger partial charge is 0.366 e. The van der Waals surface area contributed by atoms with Crippen LogP contribution in [0.1, 0.15) is 0 Å². The van der Waals surface area contributed by atoms with Crippen LogP contribution in [0.25, 0.3) is 43.8 Å². The number of benzene rings is 4. The van der Waals surface area contributed by atoms with E-state index in [1.165, 1.54) is 43.8 Å². The third-order valence-electron chi connectivity index (χ3n) is 4.91. The van der Waals surface area contributed by atoms with E-state index < -0.39 is 0 Å². The number of aromatic amines is 1. The maximum Gasteiger partial charge on any atom is 0.00908 e. The van der Waals surface area contributed by atoms with Crippen LogP contribution in [0.15, 0.2) is 97.3 Å². The van der Waals surface area contributed by atoms with Crippen molar-refractivity contribution in [3.63, 3.8) is 0 Å². The predicted octanol–water partition coefficient (Wildman–Crippen LogP) is 6.66. The number of H-pyrrole nitrogens is 1. The van der Waals surface area contributed by atoms with Crippen molar-refractivity contribution >= 4 is 21.5 Å². The van der Waals surface area contributed by atoms with Crippen molar-refractivity contribution in [2.75, 3.05) is 0 Å². The van der Waals surface area contributed by atoms with E-state index in [-0.39, 0.29) is 0 Å². The minimum Gasteiger partial charge on any atom is -0.366 e. The highest BCUT2D eigenvalue weighted by atomic mass is 14.6. The van der Waals surface area contributed by atoms with Crippen LogP contribution >= 0.6 is 0 Å². The highest BCUT2D eigenvalue weighted by molar-refractivity contribution is 6.04. The first-order valence-electron chi connectivity index (χ1n) is 8.55. The Morgan fingerprint density at radius 1 is 0.400 bits per heavy atom. The summed E-state index contributed by atoms with van der Waals surface area (Å²) < 4.78 is 0. The van der Waals surface area contributed by atoms with E-state index in [1.54, 1.807) is 0 Å². The van der Waals surface area contributed by atoms with E-state index in [1.807, 2.05) is 0 Å². The molecule has 1 heterocycles. The quantitative estimate of drug-likeness (QED) is 0.374. The van der Waals surface area contributed by atoms with Gasteiger partial charge in [-0.2, -0.15) is 0 Å². The lowest BCUT2D eigenvalue weighted by molar-refractivity contribution is 1.41. The molecule has 0 unspecified atom stereocenters. The molecule has 0 saturated heterocycles. The first-order chi connectivity index (χ1) is 12.4. The minimum atomic E-state index is 1.24. The molecule has 1 N–H and O–H groups in total. The number of rotatable bonds is 2. The third-order valence-corrected chi connectivity index (χ3v) is 4.91. The molecule has 0 bridgehead atoms. The highest BCUT2D eigenvalue weighted by Gasteiger charge is 2.13. The number of aromatic nitrogens is 1. The van der Waals surface area contributed by atoms with Crippen molar-refractivity contribution in [3.8, 4) is 22.3 Å². The van der Waals surface area contributed by atoms with Crippen molar-refractivity contribution < 1.29 is 0 Å². The molecule has 25 heavy (non-hydrogen) atoms. The Bertz CT molecular complexity index is 1090. The lowest BCUT2D eigenvalue weighted by Crippen LogP contribution is -1.84. The minimum absolute atomic E-state index is 1.24. The summed E-state index contributed by atoms with van der Waals surface area (Å²) in [7, 11) is 0. The van der Waals surface area contributed by atoms with Gasteiger partial charge in [0.25, 0.3) is 0 Å². The van der Waals surface area contributed by atoms with Gasteiger partial charge in [-0.3, -0.25) is 0 Å². The summed E-state index contributed by atoms with van der Waals surface area (Å²) in [6.45, 7) is 0. The fraction of sp³-hybridized carbons (Fsp3) is 0. The van der Waals surface area contributed by atoms with Crippen LogP contribution in [0.5, 0.6) is 0 Å². The summed E-state index contributed by atoms with van der Waals surface area (Å²) in [5.41, 5.74) is 5.02. The molecule has 0 amide bonds. The van der Waals surface area contributed by atoms with Gasteiger partial charge in [0.05, 0.1) is 0 Å². The summed E-state index contributed by atoms with van der Waals surface area (Å²) in [5.74, 6) is 0. The second kappa shape index (κ2) is 5.64. The molecule has 0 fully saturated rings. The lowest BCUT2D eigenvalue weighted by Gasteiger charge is -2.10. The fourth-order valence-electron chi connectivity index (χ4n) is 3.73. The van der Waals surface area contributed by atoms with Gasteiger partial charge in [0.15, 0.2) is 0 Å². The third kappa shape index (κ3) is 2.25. The molecular formula is C24H17N. The molecule has 0 radical (unpaired) electrons. The molecule has 1 nitrogen and oxygen atoms in total. The van der Waals surface area contributed by atoms with Crippen molar-refractivity contribution in [1.29, 1.82) is 0 Å². The van der Waals surface area contributed by atoms with Gasteiger partial charge < -0.3 is 4.98 Å². The van der Waals surface area contributed by atoms with Crippen LogP contribution in [-0.2, 0) is 0 Å². The zero-order valence-corrected chi connectivity index (χ0v) is 13.7. The summed E-state index contributed by atoms with van der Waals surface area (Å²) >= 11 is 0. The summed E-state index contributed by atoms with van der Waals surface area (Å²) in [5, 5.41) is 5.10. The van der Waals surface area contributed by atoms with Gasteiger partial charge in [-0.1, -0.05) is 84.9 Å². The van der Waals surface area contributed by atoms with E-state index in [0.717, 1.165) is 0 Å².